The maximum atomic E-state index is 12.4. The summed E-state index contributed by atoms with van der Waals surface area (Å²) in [6.45, 7) is 4.81. The van der Waals surface area contributed by atoms with Gasteiger partial charge >= 0.3 is 0 Å². The van der Waals surface area contributed by atoms with Crippen LogP contribution in [0.1, 0.15) is 46.5 Å². The van der Waals surface area contributed by atoms with Crippen LogP contribution in [0.3, 0.4) is 0 Å². The first kappa shape index (κ1) is 13.9. The van der Waals surface area contributed by atoms with Gasteiger partial charge < -0.3 is 9.88 Å². The lowest BCUT2D eigenvalue weighted by Gasteiger charge is -2.18. The number of hydrogen-bond donors (Lipinski definition) is 2. The van der Waals surface area contributed by atoms with Crippen LogP contribution in [0.15, 0.2) is 12.1 Å². The Bertz CT molecular complexity index is 668. The summed E-state index contributed by atoms with van der Waals surface area (Å²) in [5, 5.41) is 10.2. The van der Waals surface area contributed by atoms with E-state index in [2.05, 4.69) is 40.0 Å². The van der Waals surface area contributed by atoms with E-state index in [1.807, 2.05) is 13.1 Å². The number of carbonyl (C=O) groups excluding carboxylic acids is 1. The van der Waals surface area contributed by atoms with E-state index < -0.39 is 0 Å². The molecule has 0 aromatic carbocycles. The second kappa shape index (κ2) is 5.39. The van der Waals surface area contributed by atoms with Crippen LogP contribution < -0.4 is 5.32 Å². The molecule has 1 unspecified atom stereocenters. The first-order valence-electron chi connectivity index (χ1n) is 7.51. The van der Waals surface area contributed by atoms with Crippen LogP contribution >= 0.6 is 0 Å². The Morgan fingerprint density at radius 3 is 3.05 bits per heavy atom. The number of carbonyl (C=O) groups is 1. The molecule has 0 radical (unpaired) electrons. The molecule has 0 spiro atoms. The molecule has 2 heterocycles. The molecule has 0 bridgehead atoms. The first-order valence-corrected chi connectivity index (χ1v) is 7.51. The van der Waals surface area contributed by atoms with E-state index in [0.29, 0.717) is 18.2 Å². The number of aromatic nitrogens is 3. The molecular weight excluding hydrogens is 264 g/mol. The van der Waals surface area contributed by atoms with Crippen LogP contribution in [0.4, 0.5) is 0 Å². The fourth-order valence-corrected chi connectivity index (χ4v) is 2.96. The number of amides is 1. The standard InChI is InChI=1S/C16H22N4O/c1-10-4-7-14-13(8-10)15(19-18-14)16(21)17-9-12-6-5-11(2)20(12)3/h5-6,10H,4,7-9H2,1-3H3,(H,17,21)(H,18,19). The fourth-order valence-electron chi connectivity index (χ4n) is 2.96. The van der Waals surface area contributed by atoms with Crippen molar-refractivity contribution in [3.05, 3.63) is 40.5 Å². The molecule has 1 atom stereocenters. The third-order valence-corrected chi connectivity index (χ3v) is 4.51. The van der Waals surface area contributed by atoms with Gasteiger partial charge in [-0.05, 0) is 44.2 Å². The van der Waals surface area contributed by atoms with Gasteiger partial charge in [0.2, 0.25) is 0 Å². The SMILES string of the molecule is Cc1ccc(CNC(=O)c2n[nH]c3c2CC(C)CC3)n1C. The molecule has 0 saturated carbocycles. The molecule has 5 nitrogen and oxygen atoms in total. The Labute approximate surface area is 124 Å². The van der Waals surface area contributed by atoms with Gasteiger partial charge in [-0.2, -0.15) is 5.10 Å². The second-order valence-electron chi connectivity index (χ2n) is 6.09. The van der Waals surface area contributed by atoms with Crippen molar-refractivity contribution in [1.29, 1.82) is 0 Å². The molecule has 0 aliphatic heterocycles. The summed E-state index contributed by atoms with van der Waals surface area (Å²) in [6, 6.07) is 4.09. The van der Waals surface area contributed by atoms with Gasteiger partial charge in [0, 0.05) is 29.7 Å². The van der Waals surface area contributed by atoms with E-state index in [4.69, 9.17) is 0 Å². The van der Waals surface area contributed by atoms with E-state index >= 15 is 0 Å². The minimum atomic E-state index is -0.0829. The molecule has 3 rings (SSSR count). The lowest BCUT2D eigenvalue weighted by Crippen LogP contribution is -2.26. The second-order valence-corrected chi connectivity index (χ2v) is 6.09. The van der Waals surface area contributed by atoms with E-state index in [0.717, 1.165) is 29.8 Å². The molecule has 0 fully saturated rings. The molecule has 0 saturated heterocycles. The molecule has 2 aromatic rings. The van der Waals surface area contributed by atoms with Crippen molar-refractivity contribution in [3.8, 4) is 0 Å². The number of H-pyrrole nitrogens is 1. The van der Waals surface area contributed by atoms with Gasteiger partial charge in [-0.3, -0.25) is 9.89 Å². The van der Waals surface area contributed by atoms with Crippen molar-refractivity contribution in [3.63, 3.8) is 0 Å². The summed E-state index contributed by atoms with van der Waals surface area (Å²) in [6.07, 6.45) is 3.10. The Morgan fingerprint density at radius 1 is 1.52 bits per heavy atom. The number of aromatic amines is 1. The topological polar surface area (TPSA) is 62.7 Å². The average molecular weight is 286 g/mol. The maximum Gasteiger partial charge on any atom is 0.272 e. The van der Waals surface area contributed by atoms with E-state index in [1.165, 1.54) is 12.1 Å². The van der Waals surface area contributed by atoms with Crippen molar-refractivity contribution in [2.45, 2.75) is 39.7 Å². The lowest BCUT2D eigenvalue weighted by molar-refractivity contribution is 0.0944. The monoisotopic (exact) mass is 286 g/mol. The summed E-state index contributed by atoms with van der Waals surface area (Å²) < 4.78 is 2.09. The van der Waals surface area contributed by atoms with Gasteiger partial charge in [-0.1, -0.05) is 6.92 Å². The van der Waals surface area contributed by atoms with Gasteiger partial charge in [0.1, 0.15) is 0 Å². The molecule has 21 heavy (non-hydrogen) atoms. The quantitative estimate of drug-likeness (QED) is 0.907. The van der Waals surface area contributed by atoms with Crippen LogP contribution in [0.5, 0.6) is 0 Å². The van der Waals surface area contributed by atoms with Crippen molar-refractivity contribution >= 4 is 5.91 Å². The number of nitrogens with one attached hydrogen (secondary N) is 2. The molecule has 1 amide bonds. The molecular formula is C16H22N4O. The minimum Gasteiger partial charge on any atom is -0.350 e. The molecule has 5 heteroatoms. The Kier molecular flexibility index (Phi) is 3.57. The van der Waals surface area contributed by atoms with E-state index in [9.17, 15) is 4.79 Å². The van der Waals surface area contributed by atoms with Gasteiger partial charge in [0.15, 0.2) is 5.69 Å². The van der Waals surface area contributed by atoms with Crippen LogP contribution in [0.25, 0.3) is 0 Å². The number of hydrogen-bond acceptors (Lipinski definition) is 2. The fraction of sp³-hybridized carbons (Fsp3) is 0.500. The summed E-state index contributed by atoms with van der Waals surface area (Å²) in [5.74, 6) is 0.539. The minimum absolute atomic E-state index is 0.0829. The maximum absolute atomic E-state index is 12.4. The van der Waals surface area contributed by atoms with Crippen molar-refractivity contribution in [1.82, 2.24) is 20.1 Å². The highest BCUT2D eigenvalue weighted by Crippen LogP contribution is 2.26. The smallest absolute Gasteiger partial charge is 0.272 e. The Balaban J connectivity index is 1.72. The van der Waals surface area contributed by atoms with Crippen LogP contribution in [0.2, 0.25) is 0 Å². The normalized spacial score (nSPS) is 17.6. The zero-order valence-corrected chi connectivity index (χ0v) is 12.9. The molecule has 1 aliphatic carbocycles. The summed E-state index contributed by atoms with van der Waals surface area (Å²) in [7, 11) is 2.01. The molecule has 112 valence electrons. The van der Waals surface area contributed by atoms with Gasteiger partial charge in [-0.25, -0.2) is 0 Å². The average Bonchev–Trinajstić information content (AvgIpc) is 3.01. The van der Waals surface area contributed by atoms with Crippen molar-refractivity contribution in [2.24, 2.45) is 13.0 Å². The number of aryl methyl sites for hydroxylation is 2. The molecule has 1 aliphatic rings. The summed E-state index contributed by atoms with van der Waals surface area (Å²) in [5.41, 5.74) is 5.09. The van der Waals surface area contributed by atoms with Gasteiger partial charge in [0.25, 0.3) is 5.91 Å². The third-order valence-electron chi connectivity index (χ3n) is 4.51. The van der Waals surface area contributed by atoms with Crippen LogP contribution in [-0.2, 0) is 26.4 Å². The number of nitrogens with zero attached hydrogens (tertiary/aromatic N) is 2. The highest BCUT2D eigenvalue weighted by molar-refractivity contribution is 5.94. The first-order chi connectivity index (χ1) is 10.1. The predicted molar refractivity (Wildman–Crippen MR) is 81.1 cm³/mol. The summed E-state index contributed by atoms with van der Waals surface area (Å²) >= 11 is 0. The largest absolute Gasteiger partial charge is 0.350 e. The zero-order valence-electron chi connectivity index (χ0n) is 12.9. The highest BCUT2D eigenvalue weighted by atomic mass is 16.1. The lowest BCUT2D eigenvalue weighted by atomic mass is 9.87. The van der Waals surface area contributed by atoms with E-state index in [-0.39, 0.29) is 5.91 Å². The number of rotatable bonds is 3. The van der Waals surface area contributed by atoms with Crippen LogP contribution in [0, 0.1) is 12.8 Å². The van der Waals surface area contributed by atoms with Crippen molar-refractivity contribution < 1.29 is 4.79 Å². The van der Waals surface area contributed by atoms with E-state index in [1.54, 1.807) is 0 Å². The Hall–Kier alpha value is -2.04. The highest BCUT2D eigenvalue weighted by Gasteiger charge is 2.24. The third kappa shape index (κ3) is 2.60. The summed E-state index contributed by atoms with van der Waals surface area (Å²) in [4.78, 5) is 12.4. The molecule has 2 aromatic heterocycles. The van der Waals surface area contributed by atoms with Crippen molar-refractivity contribution in [2.75, 3.05) is 0 Å². The zero-order chi connectivity index (χ0) is 15.0. The predicted octanol–water partition coefficient (Wildman–Crippen LogP) is 2.11. The molecule has 2 N–H and O–H groups in total. The van der Waals surface area contributed by atoms with Crippen LogP contribution in [-0.4, -0.2) is 20.7 Å². The Morgan fingerprint density at radius 2 is 2.33 bits per heavy atom. The van der Waals surface area contributed by atoms with Gasteiger partial charge in [-0.15, -0.1) is 0 Å². The van der Waals surface area contributed by atoms with Gasteiger partial charge in [0.05, 0.1) is 6.54 Å². The number of fused-ring (bicyclic) bond motifs is 1.